The highest BCUT2D eigenvalue weighted by atomic mass is 31.2. The number of aliphatic hydroxyl groups excluding tert-OH is 1. The molecule has 19 heteroatoms. The van der Waals surface area contributed by atoms with Crippen LogP contribution in [-0.2, 0) is 65.4 Å². The second kappa shape index (κ2) is 76.7. The van der Waals surface area contributed by atoms with Gasteiger partial charge in [0.05, 0.1) is 26.4 Å². The molecule has 0 heterocycles. The average Bonchev–Trinajstić information content (AvgIpc) is 0.900. The van der Waals surface area contributed by atoms with Crippen molar-refractivity contribution in [2.24, 2.45) is 23.7 Å². The van der Waals surface area contributed by atoms with E-state index in [-0.39, 0.29) is 25.7 Å². The fourth-order valence-corrected chi connectivity index (χ4v) is 15.2. The van der Waals surface area contributed by atoms with Gasteiger partial charge >= 0.3 is 39.5 Å². The van der Waals surface area contributed by atoms with Crippen LogP contribution < -0.4 is 0 Å². The van der Waals surface area contributed by atoms with Crippen LogP contribution in [-0.4, -0.2) is 96.7 Å². The lowest BCUT2D eigenvalue weighted by Gasteiger charge is -2.21. The molecule has 0 saturated heterocycles. The van der Waals surface area contributed by atoms with Gasteiger partial charge in [-0.25, -0.2) is 9.13 Å². The lowest BCUT2D eigenvalue weighted by Crippen LogP contribution is -2.30. The largest absolute Gasteiger partial charge is 0.472 e. The molecule has 107 heavy (non-hydrogen) atoms. The van der Waals surface area contributed by atoms with E-state index in [0.717, 1.165) is 120 Å². The number of esters is 4. The van der Waals surface area contributed by atoms with Gasteiger partial charge in [0, 0.05) is 25.7 Å². The van der Waals surface area contributed by atoms with Crippen LogP contribution in [0.25, 0.3) is 0 Å². The Bertz CT molecular complexity index is 2080. The van der Waals surface area contributed by atoms with Gasteiger partial charge in [-0.05, 0) is 49.4 Å². The van der Waals surface area contributed by atoms with Gasteiger partial charge in [-0.1, -0.05) is 409 Å². The van der Waals surface area contributed by atoms with E-state index in [4.69, 9.17) is 37.0 Å². The van der Waals surface area contributed by atoms with E-state index >= 15 is 0 Å². The van der Waals surface area contributed by atoms with Gasteiger partial charge in [0.15, 0.2) is 12.2 Å². The third-order valence-electron chi connectivity index (χ3n) is 20.9. The Morgan fingerprint density at radius 2 is 0.449 bits per heavy atom. The molecule has 0 aromatic rings. The molecule has 0 aromatic carbocycles. The first-order valence-electron chi connectivity index (χ1n) is 45.2. The Hall–Kier alpha value is -1.94. The van der Waals surface area contributed by atoms with Crippen molar-refractivity contribution in [2.45, 2.75) is 478 Å². The second-order valence-electron chi connectivity index (χ2n) is 33.3. The summed E-state index contributed by atoms with van der Waals surface area (Å²) >= 11 is 0. The highest BCUT2D eigenvalue weighted by molar-refractivity contribution is 7.47. The van der Waals surface area contributed by atoms with Gasteiger partial charge in [0.2, 0.25) is 0 Å². The summed E-state index contributed by atoms with van der Waals surface area (Å²) in [4.78, 5) is 73.3. The Labute approximate surface area is 658 Å². The van der Waals surface area contributed by atoms with E-state index in [0.29, 0.717) is 25.7 Å². The van der Waals surface area contributed by atoms with Crippen molar-refractivity contribution >= 4 is 39.5 Å². The average molecular weight is 1560 g/mol. The zero-order valence-corrected chi connectivity index (χ0v) is 72.6. The lowest BCUT2D eigenvalue weighted by atomic mass is 10.00. The fourth-order valence-electron chi connectivity index (χ4n) is 13.6. The van der Waals surface area contributed by atoms with Crippen LogP contribution in [0.1, 0.15) is 460 Å². The minimum Gasteiger partial charge on any atom is -0.462 e. The number of ether oxygens (including phenoxy) is 4. The van der Waals surface area contributed by atoms with E-state index in [9.17, 15) is 43.2 Å². The van der Waals surface area contributed by atoms with Crippen LogP contribution in [0.15, 0.2) is 0 Å². The number of phosphoric ester groups is 2. The maximum Gasteiger partial charge on any atom is 0.472 e. The number of carbonyl (C=O) groups excluding carboxylic acids is 4. The van der Waals surface area contributed by atoms with E-state index in [1.165, 1.54) is 257 Å². The van der Waals surface area contributed by atoms with Crippen LogP contribution in [0.4, 0.5) is 0 Å². The smallest absolute Gasteiger partial charge is 0.462 e. The van der Waals surface area contributed by atoms with Crippen molar-refractivity contribution < 1.29 is 80.2 Å². The van der Waals surface area contributed by atoms with Crippen LogP contribution in [0.2, 0.25) is 0 Å². The molecule has 0 saturated carbocycles. The van der Waals surface area contributed by atoms with E-state index in [1.54, 1.807) is 0 Å². The molecular formula is C88H172O17P2. The third-order valence-corrected chi connectivity index (χ3v) is 22.8. The maximum absolute atomic E-state index is 13.2. The molecule has 3 N–H and O–H groups in total. The standard InChI is InChI=1S/C88H172O17P2/c1-9-81(8)67-59-51-46-47-53-61-69-86(91)99-75-84(105-88(93)71-63-55-45-39-33-27-21-15-12-18-24-30-36-42-50-58-66-80(6)7)77-103-107(96,97)101-73-82(89)72-100-106(94,95)102-76-83(104-87(92)70-62-54-44-38-32-26-20-14-11-17-23-29-35-41-49-57-65-79(4)5)74-98-85(90)68-60-52-43-37-31-25-19-13-10-16-22-28-34-40-48-56-64-78(2)3/h78-84,89H,9-77H2,1-8H3,(H,94,95)(H,96,97)/t81?,82-,83-,84-/m1/s1. The molecule has 6 atom stereocenters. The van der Waals surface area contributed by atoms with Crippen molar-refractivity contribution in [3.05, 3.63) is 0 Å². The Morgan fingerprint density at radius 3 is 0.664 bits per heavy atom. The molecule has 0 aliphatic heterocycles. The topological polar surface area (TPSA) is 237 Å². The molecule has 0 aliphatic carbocycles. The summed E-state index contributed by atoms with van der Waals surface area (Å²) in [5.41, 5.74) is 0. The summed E-state index contributed by atoms with van der Waals surface area (Å²) in [5, 5.41) is 10.7. The zero-order valence-electron chi connectivity index (χ0n) is 70.8. The number of rotatable bonds is 85. The van der Waals surface area contributed by atoms with Crippen LogP contribution in [0.3, 0.4) is 0 Å². The number of carbonyl (C=O) groups is 4. The van der Waals surface area contributed by atoms with Gasteiger partial charge in [0.1, 0.15) is 19.3 Å². The van der Waals surface area contributed by atoms with Gasteiger partial charge < -0.3 is 33.8 Å². The molecule has 0 fully saturated rings. The Kier molecular flexibility index (Phi) is 75.3. The number of hydrogen-bond donors (Lipinski definition) is 3. The molecule has 636 valence electrons. The summed E-state index contributed by atoms with van der Waals surface area (Å²) in [6.07, 6.45) is 66.7. The molecule has 3 unspecified atom stereocenters. The lowest BCUT2D eigenvalue weighted by molar-refractivity contribution is -0.161. The quantitative estimate of drug-likeness (QED) is 0.0222. The number of hydrogen-bond acceptors (Lipinski definition) is 15. The fraction of sp³-hybridized carbons (Fsp3) is 0.955. The van der Waals surface area contributed by atoms with Crippen molar-refractivity contribution in [2.75, 3.05) is 39.6 Å². The highest BCUT2D eigenvalue weighted by Crippen LogP contribution is 2.45. The molecule has 0 aromatic heterocycles. The molecule has 0 rings (SSSR count). The van der Waals surface area contributed by atoms with Gasteiger partial charge in [-0.15, -0.1) is 0 Å². The van der Waals surface area contributed by atoms with Crippen LogP contribution in [0.5, 0.6) is 0 Å². The molecule has 0 amide bonds. The first-order chi connectivity index (χ1) is 51.6. The molecule has 0 bridgehead atoms. The van der Waals surface area contributed by atoms with Crippen molar-refractivity contribution in [1.82, 2.24) is 0 Å². The first kappa shape index (κ1) is 105. The molecule has 0 aliphatic rings. The van der Waals surface area contributed by atoms with Crippen molar-refractivity contribution in [3.8, 4) is 0 Å². The van der Waals surface area contributed by atoms with Gasteiger partial charge in [-0.3, -0.25) is 37.3 Å². The summed E-state index contributed by atoms with van der Waals surface area (Å²) in [6, 6.07) is 0. The summed E-state index contributed by atoms with van der Waals surface area (Å²) in [7, 11) is -9.93. The predicted octanol–water partition coefficient (Wildman–Crippen LogP) is 26.7. The number of aliphatic hydroxyl groups is 1. The SMILES string of the molecule is CCC(C)CCCCCCCCC(=O)OC[C@H](COP(=O)(O)OC[C@H](O)COP(=O)(O)OC[C@@H](COC(=O)CCCCCCCCCCCCCCCCCCC(C)C)OC(=O)CCCCCCCCCCCCCCCCCCC(C)C)OC(=O)CCCCCCCCCCCCCCCCCCC(C)C. The normalized spacial score (nSPS) is 14.1. The van der Waals surface area contributed by atoms with Crippen LogP contribution in [0, 0.1) is 23.7 Å². The molecule has 0 spiro atoms. The van der Waals surface area contributed by atoms with Gasteiger partial charge in [-0.2, -0.15) is 0 Å². The highest BCUT2D eigenvalue weighted by Gasteiger charge is 2.31. The zero-order chi connectivity index (χ0) is 78.8. The summed E-state index contributed by atoms with van der Waals surface area (Å²) in [5.74, 6) is 1.06. The van der Waals surface area contributed by atoms with Crippen molar-refractivity contribution in [3.63, 3.8) is 0 Å². The summed E-state index contributed by atoms with van der Waals surface area (Å²) < 4.78 is 69.0. The van der Waals surface area contributed by atoms with E-state index in [1.807, 2.05) is 0 Å². The minimum absolute atomic E-state index is 0.107. The van der Waals surface area contributed by atoms with E-state index in [2.05, 4.69) is 55.4 Å². The second-order valence-corrected chi connectivity index (χ2v) is 36.2. The minimum atomic E-state index is -4.97. The monoisotopic (exact) mass is 1560 g/mol. The number of phosphoric acid groups is 2. The predicted molar refractivity (Wildman–Crippen MR) is 441 cm³/mol. The third kappa shape index (κ3) is 80.5. The molecule has 0 radical (unpaired) electrons. The van der Waals surface area contributed by atoms with Crippen molar-refractivity contribution in [1.29, 1.82) is 0 Å². The number of unbranched alkanes of at least 4 members (excludes halogenated alkanes) is 50. The van der Waals surface area contributed by atoms with E-state index < -0.39 is 97.5 Å². The molecular weight excluding hydrogens is 1390 g/mol. The Balaban J connectivity index is 5.23. The maximum atomic E-state index is 13.2. The summed E-state index contributed by atoms with van der Waals surface area (Å²) in [6.45, 7) is 14.3. The Morgan fingerprint density at radius 1 is 0.262 bits per heavy atom. The molecule has 17 nitrogen and oxygen atoms in total. The van der Waals surface area contributed by atoms with Gasteiger partial charge in [0.25, 0.3) is 0 Å². The van der Waals surface area contributed by atoms with Crippen LogP contribution >= 0.6 is 15.6 Å². The first-order valence-corrected chi connectivity index (χ1v) is 48.2.